The molecule has 1 aromatic heterocycles. The fraction of sp³-hybridized carbons (Fsp3) is 0.240. The lowest BCUT2D eigenvalue weighted by Crippen LogP contribution is -2.43. The first-order valence-corrected chi connectivity index (χ1v) is 10.3. The first-order chi connectivity index (χ1) is 15.1. The molecule has 0 saturated heterocycles. The Kier molecular flexibility index (Phi) is 7.87. The molecule has 1 N–H and O–H groups in total. The second-order valence-electron chi connectivity index (χ2n) is 7.28. The van der Waals surface area contributed by atoms with Crippen molar-refractivity contribution in [2.45, 2.75) is 38.9 Å². The van der Waals surface area contributed by atoms with Crippen LogP contribution in [0.15, 0.2) is 79.1 Å². The van der Waals surface area contributed by atoms with Gasteiger partial charge in [0.25, 0.3) is 0 Å². The number of hydrogen-bond donors (Lipinski definition) is 1. The van der Waals surface area contributed by atoms with Crippen LogP contribution in [0.5, 0.6) is 0 Å². The third-order valence-corrected chi connectivity index (χ3v) is 4.94. The van der Waals surface area contributed by atoms with Crippen molar-refractivity contribution >= 4 is 11.8 Å². The van der Waals surface area contributed by atoms with E-state index in [2.05, 4.69) is 10.3 Å². The van der Waals surface area contributed by atoms with Gasteiger partial charge in [-0.2, -0.15) is 0 Å². The molecule has 6 heteroatoms. The zero-order valence-electron chi connectivity index (χ0n) is 17.5. The fourth-order valence-corrected chi connectivity index (χ4v) is 3.36. The number of aromatic nitrogens is 1. The summed E-state index contributed by atoms with van der Waals surface area (Å²) < 4.78 is 13.4. The molecule has 5 nitrogen and oxygen atoms in total. The Labute approximate surface area is 181 Å². The van der Waals surface area contributed by atoms with Crippen LogP contribution in [0.1, 0.15) is 42.5 Å². The van der Waals surface area contributed by atoms with E-state index in [1.165, 1.54) is 12.1 Å². The summed E-state index contributed by atoms with van der Waals surface area (Å²) in [5.41, 5.74) is 2.40. The van der Waals surface area contributed by atoms with E-state index in [1.807, 2.05) is 49.4 Å². The monoisotopic (exact) mass is 419 g/mol. The lowest BCUT2D eigenvalue weighted by Gasteiger charge is -2.31. The normalized spacial score (nSPS) is 11.5. The molecule has 0 aliphatic rings. The average Bonchev–Trinajstić information content (AvgIpc) is 2.80. The zero-order valence-corrected chi connectivity index (χ0v) is 17.5. The second-order valence-corrected chi connectivity index (χ2v) is 7.28. The summed E-state index contributed by atoms with van der Waals surface area (Å²) in [5, 5.41) is 2.95. The number of hydrogen-bond acceptors (Lipinski definition) is 3. The van der Waals surface area contributed by atoms with Crippen molar-refractivity contribution in [3.8, 4) is 0 Å². The Morgan fingerprint density at radius 1 is 0.968 bits per heavy atom. The van der Waals surface area contributed by atoms with Crippen molar-refractivity contribution in [2.75, 3.05) is 0 Å². The number of nitrogens with one attached hydrogen (secondary N) is 1. The summed E-state index contributed by atoms with van der Waals surface area (Å²) in [6.45, 7) is 2.47. The molecule has 2 aromatic carbocycles. The van der Waals surface area contributed by atoms with Gasteiger partial charge in [0.2, 0.25) is 11.8 Å². The maximum absolute atomic E-state index is 13.4. The molecule has 3 aromatic rings. The van der Waals surface area contributed by atoms with Gasteiger partial charge in [0, 0.05) is 31.9 Å². The predicted molar refractivity (Wildman–Crippen MR) is 117 cm³/mol. The number of carbonyl (C=O) groups excluding carboxylic acids is 2. The highest BCUT2D eigenvalue weighted by Crippen LogP contribution is 2.25. The quantitative estimate of drug-likeness (QED) is 0.559. The zero-order chi connectivity index (χ0) is 22.1. The standard InChI is InChI=1S/C25H26FN3O2/c1-2-6-23(30)29(18-20-9-11-22(26)12-10-20)24(21-7-4-3-5-8-21)25(31)28-17-19-13-15-27-16-14-19/h3-5,7-16,24H,2,6,17-18H2,1H3,(H,28,31)/t24-/m0/s1. The van der Waals surface area contributed by atoms with Crippen molar-refractivity contribution in [1.29, 1.82) is 0 Å². The number of rotatable bonds is 9. The van der Waals surface area contributed by atoms with Gasteiger partial charge < -0.3 is 10.2 Å². The highest BCUT2D eigenvalue weighted by Gasteiger charge is 2.31. The fourth-order valence-electron chi connectivity index (χ4n) is 3.36. The highest BCUT2D eigenvalue weighted by atomic mass is 19.1. The molecule has 3 rings (SSSR count). The average molecular weight is 420 g/mol. The van der Waals surface area contributed by atoms with Crippen LogP contribution >= 0.6 is 0 Å². The molecule has 0 aliphatic carbocycles. The van der Waals surface area contributed by atoms with Gasteiger partial charge in [0.1, 0.15) is 11.9 Å². The SMILES string of the molecule is CCCC(=O)N(Cc1ccc(F)cc1)[C@H](C(=O)NCc1ccncc1)c1ccccc1. The van der Waals surface area contributed by atoms with Crippen molar-refractivity contribution in [1.82, 2.24) is 15.2 Å². The third-order valence-electron chi connectivity index (χ3n) is 4.94. The summed E-state index contributed by atoms with van der Waals surface area (Å²) in [4.78, 5) is 32.0. The minimum Gasteiger partial charge on any atom is -0.350 e. The number of pyridine rings is 1. The highest BCUT2D eigenvalue weighted by molar-refractivity contribution is 5.88. The van der Waals surface area contributed by atoms with E-state index >= 15 is 0 Å². The molecule has 0 aliphatic heterocycles. The summed E-state index contributed by atoms with van der Waals surface area (Å²) in [6, 6.07) is 18.1. The van der Waals surface area contributed by atoms with E-state index in [9.17, 15) is 14.0 Å². The summed E-state index contributed by atoms with van der Waals surface area (Å²) >= 11 is 0. The van der Waals surface area contributed by atoms with Crippen molar-refractivity contribution < 1.29 is 14.0 Å². The van der Waals surface area contributed by atoms with Crippen molar-refractivity contribution in [2.24, 2.45) is 0 Å². The molecule has 0 unspecified atom stereocenters. The van der Waals surface area contributed by atoms with Crippen LogP contribution in [-0.4, -0.2) is 21.7 Å². The smallest absolute Gasteiger partial charge is 0.247 e. The molecular weight excluding hydrogens is 393 g/mol. The van der Waals surface area contributed by atoms with Crippen LogP contribution in [-0.2, 0) is 22.7 Å². The minimum absolute atomic E-state index is 0.125. The van der Waals surface area contributed by atoms with Crippen LogP contribution in [0.2, 0.25) is 0 Å². The van der Waals surface area contributed by atoms with Gasteiger partial charge in [0.05, 0.1) is 0 Å². The molecule has 0 fully saturated rings. The molecule has 0 saturated carbocycles. The first-order valence-electron chi connectivity index (χ1n) is 10.3. The maximum Gasteiger partial charge on any atom is 0.247 e. The Balaban J connectivity index is 1.91. The maximum atomic E-state index is 13.4. The lowest BCUT2D eigenvalue weighted by atomic mass is 10.0. The molecule has 160 valence electrons. The summed E-state index contributed by atoms with van der Waals surface area (Å²) in [6.07, 6.45) is 4.32. The van der Waals surface area contributed by atoms with E-state index in [4.69, 9.17) is 0 Å². The van der Waals surface area contributed by atoms with Gasteiger partial charge >= 0.3 is 0 Å². The van der Waals surface area contributed by atoms with Gasteiger partial charge in [-0.25, -0.2) is 4.39 Å². The van der Waals surface area contributed by atoms with E-state index in [0.717, 1.165) is 16.7 Å². The molecule has 0 bridgehead atoms. The van der Waals surface area contributed by atoms with Crippen molar-refractivity contribution in [3.05, 3.63) is 102 Å². The molecule has 1 atom stereocenters. The van der Waals surface area contributed by atoms with E-state index < -0.39 is 6.04 Å². The number of amides is 2. The largest absolute Gasteiger partial charge is 0.350 e. The number of benzene rings is 2. The Morgan fingerprint density at radius 3 is 2.29 bits per heavy atom. The molecule has 1 heterocycles. The topological polar surface area (TPSA) is 62.3 Å². The summed E-state index contributed by atoms with van der Waals surface area (Å²) in [7, 11) is 0. The number of halogens is 1. The van der Waals surface area contributed by atoms with Gasteiger partial charge in [-0.05, 0) is 47.4 Å². The van der Waals surface area contributed by atoms with Gasteiger partial charge in [-0.1, -0.05) is 49.4 Å². The molecular formula is C25H26FN3O2. The predicted octanol–water partition coefficient (Wildman–Crippen LogP) is 4.41. The Bertz CT molecular complexity index is 979. The first kappa shape index (κ1) is 22.2. The van der Waals surface area contributed by atoms with Crippen LogP contribution < -0.4 is 5.32 Å². The number of nitrogens with zero attached hydrogens (tertiary/aromatic N) is 2. The Morgan fingerprint density at radius 2 is 1.65 bits per heavy atom. The van der Waals surface area contributed by atoms with Crippen LogP contribution in [0.3, 0.4) is 0 Å². The van der Waals surface area contributed by atoms with Gasteiger partial charge in [0.15, 0.2) is 0 Å². The van der Waals surface area contributed by atoms with E-state index in [-0.39, 0.29) is 24.2 Å². The van der Waals surface area contributed by atoms with Crippen LogP contribution in [0.4, 0.5) is 4.39 Å². The molecule has 0 spiro atoms. The van der Waals surface area contributed by atoms with Gasteiger partial charge in [-0.3, -0.25) is 14.6 Å². The van der Waals surface area contributed by atoms with E-state index in [0.29, 0.717) is 19.4 Å². The lowest BCUT2D eigenvalue weighted by molar-refractivity contribution is -0.141. The van der Waals surface area contributed by atoms with E-state index in [1.54, 1.807) is 29.4 Å². The minimum atomic E-state index is -0.799. The Hall–Kier alpha value is -3.54. The second kappa shape index (κ2) is 11.0. The van der Waals surface area contributed by atoms with Crippen LogP contribution in [0.25, 0.3) is 0 Å². The third kappa shape index (κ3) is 6.22. The summed E-state index contributed by atoms with van der Waals surface area (Å²) in [5.74, 6) is -0.737. The molecule has 2 amide bonds. The van der Waals surface area contributed by atoms with Gasteiger partial charge in [-0.15, -0.1) is 0 Å². The molecule has 31 heavy (non-hydrogen) atoms. The molecule has 0 radical (unpaired) electrons. The number of carbonyl (C=O) groups is 2. The van der Waals surface area contributed by atoms with Crippen LogP contribution in [0, 0.1) is 5.82 Å². The van der Waals surface area contributed by atoms with Crippen molar-refractivity contribution in [3.63, 3.8) is 0 Å².